The quantitative estimate of drug-likeness (QED) is 0.0146. The van der Waals surface area contributed by atoms with Crippen molar-refractivity contribution in [2.24, 2.45) is 0 Å². The molecule has 0 aliphatic carbocycles. The summed E-state index contributed by atoms with van der Waals surface area (Å²) in [7, 11) is -9.80. The smallest absolute Gasteiger partial charge is 0.463 e. The predicted molar refractivity (Wildman–Crippen MR) is 371 cm³/mol. The van der Waals surface area contributed by atoms with Crippen LogP contribution in [0, 0.1) is 0 Å². The van der Waals surface area contributed by atoms with Gasteiger partial charge in [0.1, 0.15) is 25.4 Å². The van der Waals surface area contributed by atoms with E-state index in [9.17, 15) is 43.5 Å². The van der Waals surface area contributed by atoms with Crippen LogP contribution in [0.1, 0.15) is 252 Å². The Hall–Kier alpha value is -4.31. The van der Waals surface area contributed by atoms with E-state index in [1.165, 1.54) is 0 Å². The number of phosphoric acid groups is 2. The number of esters is 3. The Balaban J connectivity index is 4.71. The summed E-state index contributed by atoms with van der Waals surface area (Å²) in [5.41, 5.74) is 0. The number of phosphoric ester groups is 2. The van der Waals surface area contributed by atoms with Gasteiger partial charge < -0.3 is 34.2 Å². The van der Waals surface area contributed by atoms with E-state index in [0.717, 1.165) is 193 Å². The molecule has 0 saturated carbocycles. The summed E-state index contributed by atoms with van der Waals surface area (Å²) in [6.07, 6.45) is 76.4. The molecule has 0 aromatic heterocycles. The Labute approximate surface area is 550 Å². The van der Waals surface area contributed by atoms with Crippen LogP contribution in [0.5, 0.6) is 0 Å². The first-order valence-corrected chi connectivity index (χ1v) is 37.5. The average molecular weight is 1320 g/mol. The predicted octanol–water partition coefficient (Wildman–Crippen LogP) is 19.2. The largest absolute Gasteiger partial charge is 0.472 e. The molecule has 5 unspecified atom stereocenters. The first kappa shape index (κ1) is 86.7. The van der Waals surface area contributed by atoms with E-state index in [0.29, 0.717) is 19.3 Å². The highest BCUT2D eigenvalue weighted by Gasteiger charge is 2.29. The van der Waals surface area contributed by atoms with Gasteiger partial charge >= 0.3 is 33.6 Å². The molecule has 4 N–H and O–H groups in total. The van der Waals surface area contributed by atoms with Gasteiger partial charge in [-0.3, -0.25) is 32.5 Å². The highest BCUT2D eigenvalue weighted by atomic mass is 31.2. The van der Waals surface area contributed by atoms with E-state index >= 15 is 0 Å². The highest BCUT2D eigenvalue weighted by molar-refractivity contribution is 7.47. The van der Waals surface area contributed by atoms with Crippen LogP contribution in [0.4, 0.5) is 0 Å². The second-order valence-corrected chi connectivity index (χ2v) is 25.4. The van der Waals surface area contributed by atoms with Gasteiger partial charge in [-0.1, -0.05) is 238 Å². The number of ether oxygens (including phenoxy) is 3. The Morgan fingerprint density at radius 1 is 0.308 bits per heavy atom. The van der Waals surface area contributed by atoms with Gasteiger partial charge in [0, 0.05) is 19.3 Å². The van der Waals surface area contributed by atoms with E-state index in [2.05, 4.69) is 154 Å². The van der Waals surface area contributed by atoms with E-state index in [1.54, 1.807) is 0 Å². The number of carbonyl (C=O) groups excluding carboxylic acids is 3. The molecule has 520 valence electrons. The summed E-state index contributed by atoms with van der Waals surface area (Å²) >= 11 is 0. The van der Waals surface area contributed by atoms with Gasteiger partial charge in [-0.2, -0.15) is 0 Å². The van der Waals surface area contributed by atoms with E-state index in [1.807, 2.05) is 0 Å². The maximum Gasteiger partial charge on any atom is 0.472 e. The van der Waals surface area contributed by atoms with Crippen LogP contribution in [0.2, 0.25) is 0 Å². The standard InChI is InChI=1S/C73H122O16P2/c1-4-7-10-13-16-19-22-25-28-31-32-33-34-37-39-41-44-47-50-53-56-59-71(76)83-62-68(74)63-85-90(79,80)86-64-69(75)65-87-91(81,82)88-67-70(89-73(78)61-58-55-52-49-46-43-40-36-30-27-24-21-18-15-12-9-6-3)66-84-72(77)60-57-54-51-48-45-42-38-35-29-26-23-20-17-14-11-8-5-2/h7-12,16-21,25-30,32-33,37,39,68-70,74-75H,4-6,13-15,22-24,31,34-36,38,40-67H2,1-3H3,(H,79,80)(H,81,82)/b10-7-,11-8-,12-9-,19-16-,20-17-,21-18-,28-25-,29-26-,30-27-,33-32-,39-37-. The average Bonchev–Trinajstić information content (AvgIpc) is 3.74. The first-order chi connectivity index (χ1) is 44.2. The lowest BCUT2D eigenvalue weighted by molar-refractivity contribution is -0.161. The Morgan fingerprint density at radius 2 is 0.549 bits per heavy atom. The second-order valence-electron chi connectivity index (χ2n) is 22.5. The van der Waals surface area contributed by atoms with Gasteiger partial charge in [0.05, 0.1) is 26.4 Å². The van der Waals surface area contributed by atoms with Gasteiger partial charge in [-0.15, -0.1) is 0 Å². The zero-order valence-electron chi connectivity index (χ0n) is 56.2. The minimum Gasteiger partial charge on any atom is -0.463 e. The lowest BCUT2D eigenvalue weighted by Gasteiger charge is -2.21. The zero-order valence-corrected chi connectivity index (χ0v) is 58.0. The maximum atomic E-state index is 12.9. The number of allylic oxidation sites excluding steroid dienone is 22. The highest BCUT2D eigenvalue weighted by Crippen LogP contribution is 2.45. The van der Waals surface area contributed by atoms with E-state index in [4.69, 9.17) is 32.3 Å². The van der Waals surface area contributed by atoms with Crippen molar-refractivity contribution in [1.82, 2.24) is 0 Å². The molecule has 0 aliphatic rings. The Morgan fingerprint density at radius 3 is 0.868 bits per heavy atom. The van der Waals surface area contributed by atoms with Gasteiger partial charge in [0.2, 0.25) is 0 Å². The Kier molecular flexibility index (Phi) is 62.6. The number of aliphatic hydroxyl groups excluding tert-OH is 2. The monoisotopic (exact) mass is 1320 g/mol. The second kappa shape index (κ2) is 65.7. The zero-order chi connectivity index (χ0) is 66.7. The Bertz CT molecular complexity index is 2190. The van der Waals surface area contributed by atoms with Crippen molar-refractivity contribution < 1.29 is 75.8 Å². The first-order valence-electron chi connectivity index (χ1n) is 34.5. The molecule has 0 aromatic carbocycles. The molecule has 16 nitrogen and oxygen atoms in total. The molecule has 0 bridgehead atoms. The lowest BCUT2D eigenvalue weighted by Crippen LogP contribution is -2.30. The molecule has 91 heavy (non-hydrogen) atoms. The molecular formula is C73H122O16P2. The third-order valence-electron chi connectivity index (χ3n) is 13.9. The summed E-state index contributed by atoms with van der Waals surface area (Å²) in [4.78, 5) is 58.4. The number of aliphatic hydroxyl groups is 2. The fourth-order valence-electron chi connectivity index (χ4n) is 8.68. The molecule has 0 spiro atoms. The van der Waals surface area contributed by atoms with Crippen molar-refractivity contribution in [3.8, 4) is 0 Å². The fourth-order valence-corrected chi connectivity index (χ4v) is 10.3. The van der Waals surface area contributed by atoms with Crippen molar-refractivity contribution in [3.05, 3.63) is 134 Å². The molecule has 0 heterocycles. The molecule has 0 radical (unpaired) electrons. The van der Waals surface area contributed by atoms with Crippen LogP contribution in [0.15, 0.2) is 134 Å². The molecular weight excluding hydrogens is 1190 g/mol. The topological polar surface area (TPSA) is 231 Å². The van der Waals surface area contributed by atoms with E-state index < -0.39 is 91.5 Å². The molecule has 0 amide bonds. The number of rotatable bonds is 64. The molecule has 0 saturated heterocycles. The molecule has 0 fully saturated rings. The third kappa shape index (κ3) is 66.9. The number of unbranched alkanes of at least 4 members (excludes halogenated alkanes) is 19. The van der Waals surface area contributed by atoms with Crippen LogP contribution >= 0.6 is 15.6 Å². The van der Waals surface area contributed by atoms with Crippen molar-refractivity contribution >= 4 is 33.6 Å². The van der Waals surface area contributed by atoms with Crippen molar-refractivity contribution in [3.63, 3.8) is 0 Å². The van der Waals surface area contributed by atoms with Crippen molar-refractivity contribution in [2.75, 3.05) is 39.6 Å². The summed E-state index contributed by atoms with van der Waals surface area (Å²) in [6.45, 7) is 2.28. The molecule has 0 aromatic rings. The number of hydrogen-bond donors (Lipinski definition) is 4. The third-order valence-corrected chi connectivity index (χ3v) is 15.8. The van der Waals surface area contributed by atoms with Crippen molar-refractivity contribution in [2.45, 2.75) is 270 Å². The molecule has 18 heteroatoms. The fraction of sp³-hybridized carbons (Fsp3) is 0.658. The van der Waals surface area contributed by atoms with Crippen molar-refractivity contribution in [1.29, 1.82) is 0 Å². The minimum absolute atomic E-state index is 0.0869. The summed E-state index contributed by atoms with van der Waals surface area (Å²) in [6, 6.07) is 0. The summed E-state index contributed by atoms with van der Waals surface area (Å²) < 4.78 is 60.9. The van der Waals surface area contributed by atoms with Gasteiger partial charge in [-0.05, 0) is 128 Å². The number of carbonyl (C=O) groups is 3. The summed E-state index contributed by atoms with van der Waals surface area (Å²) in [5.74, 6) is -1.62. The number of hydrogen-bond acceptors (Lipinski definition) is 14. The summed E-state index contributed by atoms with van der Waals surface area (Å²) in [5, 5.41) is 20.6. The van der Waals surface area contributed by atoms with Gasteiger partial charge in [0.25, 0.3) is 0 Å². The van der Waals surface area contributed by atoms with Gasteiger partial charge in [-0.25, -0.2) is 9.13 Å². The SMILES string of the molecule is CC/C=C\C/C=C\C/C=C\C/C=C\C/C=C\CCCCCCCC(=O)OCC(O)COP(=O)(O)OCC(O)COP(=O)(O)OCC(COC(=O)CCCCCCCCC/C=C\C/C=C\C/C=C\CC)OC(=O)CCCCCCCCC/C=C\C/C=C\C/C=C\CC. The minimum atomic E-state index is -4.94. The van der Waals surface area contributed by atoms with Gasteiger partial charge in [0.15, 0.2) is 6.10 Å². The molecule has 0 aliphatic heterocycles. The van der Waals surface area contributed by atoms with Crippen LogP contribution in [-0.2, 0) is 55.8 Å². The molecule has 5 atom stereocenters. The molecule has 0 rings (SSSR count). The van der Waals surface area contributed by atoms with Crippen LogP contribution in [0.25, 0.3) is 0 Å². The van der Waals surface area contributed by atoms with Crippen LogP contribution < -0.4 is 0 Å². The van der Waals surface area contributed by atoms with Crippen LogP contribution in [0.3, 0.4) is 0 Å². The van der Waals surface area contributed by atoms with Crippen LogP contribution in [-0.4, -0.2) is 95.9 Å². The lowest BCUT2D eigenvalue weighted by atomic mass is 10.1. The van der Waals surface area contributed by atoms with E-state index in [-0.39, 0.29) is 19.3 Å². The maximum absolute atomic E-state index is 12.9. The normalized spacial score (nSPS) is 15.0.